The highest BCUT2D eigenvalue weighted by molar-refractivity contribution is 6.02. The number of carbonyl (C=O) groups is 2. The summed E-state index contributed by atoms with van der Waals surface area (Å²) in [6.07, 6.45) is 5.50. The first-order chi connectivity index (χ1) is 18.0. The van der Waals surface area contributed by atoms with Crippen LogP contribution in [0.1, 0.15) is 43.0 Å². The van der Waals surface area contributed by atoms with E-state index in [0.717, 1.165) is 61.6 Å². The predicted octanol–water partition coefficient (Wildman–Crippen LogP) is 2.67. The van der Waals surface area contributed by atoms with Crippen LogP contribution < -0.4 is 4.74 Å². The van der Waals surface area contributed by atoms with Crippen LogP contribution in [-0.4, -0.2) is 89.9 Å². The number of carbonyl (C=O) groups excluding carboxylic acids is 2. The molecule has 1 saturated heterocycles. The van der Waals surface area contributed by atoms with Crippen LogP contribution in [0.25, 0.3) is 0 Å². The first-order valence-corrected chi connectivity index (χ1v) is 13.3. The molecule has 1 aromatic carbocycles. The van der Waals surface area contributed by atoms with Gasteiger partial charge in [0.15, 0.2) is 0 Å². The lowest BCUT2D eigenvalue weighted by atomic mass is 9.84. The maximum Gasteiger partial charge on any atom is 0.262 e. The molecule has 1 saturated carbocycles. The average molecular weight is 508 g/mol. The Morgan fingerprint density at radius 3 is 2.51 bits per heavy atom. The minimum absolute atomic E-state index is 0.0379. The Labute approximate surface area is 218 Å². The van der Waals surface area contributed by atoms with Crippen LogP contribution in [-0.2, 0) is 21.4 Å². The molecule has 1 atom stereocenters. The third-order valence-electron chi connectivity index (χ3n) is 7.79. The molecule has 3 aliphatic rings. The molecule has 0 radical (unpaired) electrons. The van der Waals surface area contributed by atoms with Crippen molar-refractivity contribution >= 4 is 17.5 Å². The Morgan fingerprint density at radius 1 is 1.14 bits per heavy atom. The molecule has 3 heterocycles. The van der Waals surface area contributed by atoms with E-state index in [2.05, 4.69) is 4.90 Å². The van der Waals surface area contributed by atoms with Crippen LogP contribution in [0.15, 0.2) is 47.7 Å². The number of methoxy groups -OCH3 is 1. The van der Waals surface area contributed by atoms with Crippen molar-refractivity contribution in [3.05, 3.63) is 53.9 Å². The maximum absolute atomic E-state index is 13.8. The molecular formula is C28H37N5O4. The van der Waals surface area contributed by atoms with E-state index in [1.807, 2.05) is 54.2 Å². The van der Waals surface area contributed by atoms with E-state index in [1.54, 1.807) is 17.0 Å². The number of amides is 2. The summed E-state index contributed by atoms with van der Waals surface area (Å²) in [5.41, 5.74) is 2.85. The van der Waals surface area contributed by atoms with Gasteiger partial charge in [-0.3, -0.25) is 14.5 Å². The van der Waals surface area contributed by atoms with E-state index in [9.17, 15) is 9.59 Å². The molecule has 9 heteroatoms. The zero-order chi connectivity index (χ0) is 25.8. The van der Waals surface area contributed by atoms with Gasteiger partial charge in [0.1, 0.15) is 12.3 Å². The summed E-state index contributed by atoms with van der Waals surface area (Å²) in [7, 11) is 3.62. The zero-order valence-corrected chi connectivity index (χ0v) is 21.8. The lowest BCUT2D eigenvalue weighted by molar-refractivity contribution is -0.145. The van der Waals surface area contributed by atoms with Crippen molar-refractivity contribution in [3.8, 4) is 5.75 Å². The summed E-state index contributed by atoms with van der Waals surface area (Å²) >= 11 is 0. The molecule has 2 fully saturated rings. The average Bonchev–Trinajstić information content (AvgIpc) is 3.52. The number of aromatic nitrogens is 1. The van der Waals surface area contributed by atoms with Gasteiger partial charge in [-0.25, -0.2) is 5.01 Å². The molecule has 0 N–H and O–H groups in total. The Bertz CT molecular complexity index is 1120. The normalized spacial score (nSPS) is 20.4. The first kappa shape index (κ1) is 25.5. The van der Waals surface area contributed by atoms with Gasteiger partial charge < -0.3 is 18.9 Å². The number of morpholine rings is 1. The van der Waals surface area contributed by atoms with Crippen molar-refractivity contribution in [1.82, 2.24) is 19.4 Å². The van der Waals surface area contributed by atoms with Gasteiger partial charge in [-0.2, -0.15) is 5.10 Å². The van der Waals surface area contributed by atoms with Crippen LogP contribution >= 0.6 is 0 Å². The van der Waals surface area contributed by atoms with Crippen LogP contribution in [0.5, 0.6) is 5.75 Å². The molecular weight excluding hydrogens is 470 g/mol. The number of nitrogens with zero attached hydrogens (tertiary/aromatic N) is 5. The van der Waals surface area contributed by atoms with Gasteiger partial charge in [0, 0.05) is 51.8 Å². The lowest BCUT2D eigenvalue weighted by Gasteiger charge is -2.34. The predicted molar refractivity (Wildman–Crippen MR) is 140 cm³/mol. The third-order valence-corrected chi connectivity index (χ3v) is 7.79. The van der Waals surface area contributed by atoms with Crippen LogP contribution in [0.2, 0.25) is 0 Å². The van der Waals surface area contributed by atoms with E-state index in [-0.39, 0.29) is 30.3 Å². The molecule has 198 valence electrons. The highest BCUT2D eigenvalue weighted by Crippen LogP contribution is 2.34. The molecule has 5 rings (SSSR count). The SMILES string of the molecule is COc1ccc([C@@H]2CC(c3cccn3C)=NN2C(=O)CN(CCN2CCOCC2)C(=O)C2CCC2)cc1. The minimum Gasteiger partial charge on any atom is -0.497 e. The van der Waals surface area contributed by atoms with Crippen molar-refractivity contribution < 1.29 is 19.1 Å². The van der Waals surface area contributed by atoms with Crippen LogP contribution in [0.3, 0.4) is 0 Å². The molecule has 9 nitrogen and oxygen atoms in total. The van der Waals surface area contributed by atoms with E-state index in [4.69, 9.17) is 14.6 Å². The van der Waals surface area contributed by atoms with Crippen molar-refractivity contribution in [1.29, 1.82) is 0 Å². The Kier molecular flexibility index (Phi) is 7.90. The van der Waals surface area contributed by atoms with Crippen molar-refractivity contribution in [2.24, 2.45) is 18.1 Å². The number of hydrogen-bond donors (Lipinski definition) is 0. The molecule has 0 unspecified atom stereocenters. The first-order valence-electron chi connectivity index (χ1n) is 13.3. The summed E-state index contributed by atoms with van der Waals surface area (Å²) in [6, 6.07) is 11.6. The highest BCUT2D eigenvalue weighted by Gasteiger charge is 2.37. The molecule has 2 amide bonds. The summed E-state index contributed by atoms with van der Waals surface area (Å²) in [5, 5.41) is 6.41. The second-order valence-electron chi connectivity index (χ2n) is 10.1. The summed E-state index contributed by atoms with van der Waals surface area (Å²) in [4.78, 5) is 31.2. The number of rotatable bonds is 9. The lowest BCUT2D eigenvalue weighted by Crippen LogP contribution is -2.49. The van der Waals surface area contributed by atoms with Crippen molar-refractivity contribution in [3.63, 3.8) is 0 Å². The molecule has 2 aliphatic heterocycles. The monoisotopic (exact) mass is 507 g/mol. The molecule has 0 spiro atoms. The van der Waals surface area contributed by atoms with E-state index >= 15 is 0 Å². The van der Waals surface area contributed by atoms with E-state index < -0.39 is 0 Å². The molecule has 1 aliphatic carbocycles. The van der Waals surface area contributed by atoms with Crippen LogP contribution in [0, 0.1) is 5.92 Å². The smallest absolute Gasteiger partial charge is 0.262 e. The van der Waals surface area contributed by atoms with Gasteiger partial charge in [0.25, 0.3) is 5.91 Å². The Morgan fingerprint density at radius 2 is 1.89 bits per heavy atom. The zero-order valence-electron chi connectivity index (χ0n) is 21.8. The van der Waals surface area contributed by atoms with E-state index in [1.165, 1.54) is 0 Å². The van der Waals surface area contributed by atoms with Gasteiger partial charge in [0.05, 0.1) is 37.8 Å². The van der Waals surface area contributed by atoms with Gasteiger partial charge in [-0.1, -0.05) is 18.6 Å². The molecule has 1 aromatic heterocycles. The largest absolute Gasteiger partial charge is 0.497 e. The fourth-order valence-electron chi connectivity index (χ4n) is 5.24. The molecule has 2 aromatic rings. The number of aryl methyl sites for hydroxylation is 1. The third kappa shape index (κ3) is 5.72. The number of ether oxygens (including phenoxy) is 2. The second kappa shape index (κ2) is 11.5. The molecule has 37 heavy (non-hydrogen) atoms. The topological polar surface area (TPSA) is 79.6 Å². The summed E-state index contributed by atoms with van der Waals surface area (Å²) < 4.78 is 12.8. The molecule has 0 bridgehead atoms. The van der Waals surface area contributed by atoms with Gasteiger partial charge in [-0.15, -0.1) is 0 Å². The van der Waals surface area contributed by atoms with Crippen molar-refractivity contribution in [2.75, 3.05) is 53.0 Å². The van der Waals surface area contributed by atoms with Gasteiger partial charge in [0.2, 0.25) is 5.91 Å². The fourth-order valence-corrected chi connectivity index (χ4v) is 5.24. The Hall–Kier alpha value is -3.17. The highest BCUT2D eigenvalue weighted by atomic mass is 16.5. The number of hydrogen-bond acceptors (Lipinski definition) is 6. The quantitative estimate of drug-likeness (QED) is 0.522. The van der Waals surface area contributed by atoms with Crippen LogP contribution in [0.4, 0.5) is 0 Å². The minimum atomic E-state index is -0.233. The fraction of sp³-hybridized carbons (Fsp3) is 0.536. The summed E-state index contributed by atoms with van der Waals surface area (Å²) in [6.45, 7) is 4.46. The summed E-state index contributed by atoms with van der Waals surface area (Å²) in [5.74, 6) is 0.749. The standard InChI is InChI=1S/C28H37N5O4/c1-30-12-4-7-25(30)24-19-26(21-8-10-23(36-2)11-9-21)33(29-24)27(34)20-32(28(35)22-5-3-6-22)14-13-31-15-17-37-18-16-31/h4,7-12,22,26H,3,5-6,13-20H2,1-2H3/t26-/m0/s1. The Balaban J connectivity index is 1.36. The maximum atomic E-state index is 13.8. The number of hydrazone groups is 1. The number of benzene rings is 1. The van der Waals surface area contributed by atoms with Gasteiger partial charge >= 0.3 is 0 Å². The van der Waals surface area contributed by atoms with Gasteiger partial charge in [-0.05, 0) is 42.7 Å². The van der Waals surface area contributed by atoms with Crippen molar-refractivity contribution in [2.45, 2.75) is 31.7 Å². The second-order valence-corrected chi connectivity index (χ2v) is 10.1. The van der Waals surface area contributed by atoms with E-state index in [0.29, 0.717) is 26.2 Å².